The third kappa shape index (κ3) is 3.84. The van der Waals surface area contributed by atoms with Gasteiger partial charge in [0.25, 0.3) is 5.91 Å². The number of carbonyl (C=O) groups is 1. The normalized spacial score (nSPS) is 12.3. The van der Waals surface area contributed by atoms with E-state index in [1.807, 2.05) is 67.1 Å². The molecule has 1 N–H and O–H groups in total. The second-order valence-corrected chi connectivity index (χ2v) is 8.73. The molecule has 0 saturated carbocycles. The molecule has 0 unspecified atom stereocenters. The number of halogens is 1. The van der Waals surface area contributed by atoms with E-state index < -0.39 is 0 Å². The lowest BCUT2D eigenvalue weighted by Gasteiger charge is -2.09. The predicted molar refractivity (Wildman–Crippen MR) is 125 cm³/mol. The third-order valence-corrected chi connectivity index (χ3v) is 6.29. The zero-order chi connectivity index (χ0) is 22.2. The average Bonchev–Trinajstić information content (AvgIpc) is 3.33. The molecule has 32 heavy (non-hydrogen) atoms. The van der Waals surface area contributed by atoms with Crippen LogP contribution in [0.5, 0.6) is 0 Å². The number of hydrogen-bond acceptors (Lipinski definition) is 3. The fraction of sp³-hybridized carbons (Fsp3) is 0.231. The van der Waals surface area contributed by atoms with E-state index >= 15 is 0 Å². The number of nitrogens with one attached hydrogen (secondary N) is 1. The van der Waals surface area contributed by atoms with Crippen molar-refractivity contribution in [2.45, 2.75) is 39.8 Å². The summed E-state index contributed by atoms with van der Waals surface area (Å²) < 4.78 is 7.98. The monoisotopic (exact) mass is 445 g/mol. The van der Waals surface area contributed by atoms with Crippen molar-refractivity contribution < 1.29 is 9.21 Å². The van der Waals surface area contributed by atoms with Gasteiger partial charge in [0.15, 0.2) is 5.76 Å². The van der Waals surface area contributed by atoms with Crippen LogP contribution in [0.2, 0.25) is 5.02 Å². The average molecular weight is 446 g/mol. The molecule has 162 valence electrons. The standard InChI is InChI=1S/C26H24ClN3O2/c1-16-6-3-4-8-19(16)13-28-26(31)25-17(2)23-22(32-25)11-10-20-15-30(29-24(20)23)14-18-7-5-9-21(27)12-18/h3-9,12,15H,10-11,13-14H2,1-2H3,(H,28,31). The number of benzene rings is 2. The summed E-state index contributed by atoms with van der Waals surface area (Å²) in [5.41, 5.74) is 7.23. The highest BCUT2D eigenvalue weighted by atomic mass is 35.5. The molecule has 2 aromatic heterocycles. The van der Waals surface area contributed by atoms with Gasteiger partial charge in [-0.1, -0.05) is 48.0 Å². The van der Waals surface area contributed by atoms with Crippen molar-refractivity contribution in [2.75, 3.05) is 0 Å². The van der Waals surface area contributed by atoms with Gasteiger partial charge in [0.1, 0.15) is 5.76 Å². The quantitative estimate of drug-likeness (QED) is 0.442. The Labute approximate surface area is 192 Å². The number of hydrogen-bond donors (Lipinski definition) is 1. The Bertz CT molecular complexity index is 1320. The number of carbonyl (C=O) groups excluding carboxylic acids is 1. The topological polar surface area (TPSA) is 60.1 Å². The molecule has 0 radical (unpaired) electrons. The van der Waals surface area contributed by atoms with Crippen LogP contribution in [0.15, 0.2) is 59.1 Å². The van der Waals surface area contributed by atoms with Crippen molar-refractivity contribution in [1.82, 2.24) is 15.1 Å². The second kappa shape index (κ2) is 8.32. The highest BCUT2D eigenvalue weighted by Crippen LogP contribution is 2.38. The molecule has 0 atom stereocenters. The minimum atomic E-state index is -0.194. The van der Waals surface area contributed by atoms with E-state index in [1.54, 1.807) is 0 Å². The summed E-state index contributed by atoms with van der Waals surface area (Å²) in [7, 11) is 0. The smallest absolute Gasteiger partial charge is 0.287 e. The van der Waals surface area contributed by atoms with Gasteiger partial charge in [-0.05, 0) is 54.7 Å². The Balaban J connectivity index is 1.39. The summed E-state index contributed by atoms with van der Waals surface area (Å²) in [6.45, 7) is 5.09. The number of aryl methyl sites for hydroxylation is 3. The second-order valence-electron chi connectivity index (χ2n) is 8.29. The van der Waals surface area contributed by atoms with E-state index in [1.165, 1.54) is 5.56 Å². The molecular formula is C26H24ClN3O2. The number of furan rings is 1. The summed E-state index contributed by atoms with van der Waals surface area (Å²) >= 11 is 6.13. The van der Waals surface area contributed by atoms with Crippen LogP contribution in [0.1, 0.15) is 44.1 Å². The van der Waals surface area contributed by atoms with Gasteiger partial charge >= 0.3 is 0 Å². The van der Waals surface area contributed by atoms with Crippen molar-refractivity contribution in [3.05, 3.63) is 99.1 Å². The summed E-state index contributed by atoms with van der Waals surface area (Å²) in [6, 6.07) is 15.8. The third-order valence-electron chi connectivity index (χ3n) is 6.06. The van der Waals surface area contributed by atoms with E-state index in [-0.39, 0.29) is 5.91 Å². The van der Waals surface area contributed by atoms with Crippen LogP contribution >= 0.6 is 11.6 Å². The Morgan fingerprint density at radius 3 is 2.81 bits per heavy atom. The number of rotatable bonds is 5. The van der Waals surface area contributed by atoms with Crippen LogP contribution in [0.25, 0.3) is 11.3 Å². The van der Waals surface area contributed by atoms with Gasteiger partial charge in [0, 0.05) is 35.3 Å². The molecule has 2 aromatic carbocycles. The summed E-state index contributed by atoms with van der Waals surface area (Å²) in [5, 5.41) is 8.56. The molecule has 0 saturated heterocycles. The van der Waals surface area contributed by atoms with Crippen LogP contribution in [0.4, 0.5) is 0 Å². The van der Waals surface area contributed by atoms with E-state index in [4.69, 9.17) is 21.1 Å². The zero-order valence-corrected chi connectivity index (χ0v) is 18.9. The van der Waals surface area contributed by atoms with Gasteiger partial charge in [-0.3, -0.25) is 9.48 Å². The fourth-order valence-corrected chi connectivity index (χ4v) is 4.56. The van der Waals surface area contributed by atoms with Gasteiger partial charge in [-0.25, -0.2) is 0 Å². The predicted octanol–water partition coefficient (Wildman–Crippen LogP) is 5.49. The first-order valence-corrected chi connectivity index (χ1v) is 11.1. The maximum Gasteiger partial charge on any atom is 0.287 e. The van der Waals surface area contributed by atoms with Crippen LogP contribution in [0, 0.1) is 13.8 Å². The number of fused-ring (bicyclic) bond motifs is 3. The number of amides is 1. The van der Waals surface area contributed by atoms with Crippen molar-refractivity contribution in [2.24, 2.45) is 0 Å². The van der Waals surface area contributed by atoms with Crippen LogP contribution in [-0.4, -0.2) is 15.7 Å². The van der Waals surface area contributed by atoms with E-state index in [0.29, 0.717) is 23.9 Å². The zero-order valence-electron chi connectivity index (χ0n) is 18.1. The molecule has 5 nitrogen and oxygen atoms in total. The molecule has 0 aliphatic heterocycles. The van der Waals surface area contributed by atoms with E-state index in [2.05, 4.69) is 11.5 Å². The van der Waals surface area contributed by atoms with Gasteiger partial charge in [-0.2, -0.15) is 5.10 Å². The lowest BCUT2D eigenvalue weighted by molar-refractivity contribution is 0.0920. The molecule has 1 amide bonds. The largest absolute Gasteiger partial charge is 0.455 e. The summed E-state index contributed by atoms with van der Waals surface area (Å²) in [5.74, 6) is 1.02. The van der Waals surface area contributed by atoms with Gasteiger partial charge in [0.05, 0.1) is 12.2 Å². The van der Waals surface area contributed by atoms with Crippen LogP contribution < -0.4 is 5.32 Å². The molecule has 0 fully saturated rings. The molecular weight excluding hydrogens is 422 g/mol. The number of nitrogens with zero attached hydrogens (tertiary/aromatic N) is 2. The van der Waals surface area contributed by atoms with E-state index in [0.717, 1.165) is 52.1 Å². The SMILES string of the molecule is Cc1ccccc1CNC(=O)c1oc2c(c1C)-c1nn(Cc3cccc(Cl)c3)cc1CC2. The minimum Gasteiger partial charge on any atom is -0.455 e. The van der Waals surface area contributed by atoms with Gasteiger partial charge < -0.3 is 9.73 Å². The molecule has 1 aliphatic rings. The Morgan fingerprint density at radius 1 is 1.16 bits per heavy atom. The first-order chi connectivity index (χ1) is 15.5. The maximum atomic E-state index is 12.9. The maximum absolute atomic E-state index is 12.9. The lowest BCUT2D eigenvalue weighted by atomic mass is 9.93. The van der Waals surface area contributed by atoms with Gasteiger partial charge in [-0.15, -0.1) is 0 Å². The fourth-order valence-electron chi connectivity index (χ4n) is 4.35. The van der Waals surface area contributed by atoms with E-state index in [9.17, 15) is 4.79 Å². The molecule has 0 bridgehead atoms. The Kier molecular flexibility index (Phi) is 5.35. The lowest BCUT2D eigenvalue weighted by Crippen LogP contribution is -2.23. The highest BCUT2D eigenvalue weighted by molar-refractivity contribution is 6.30. The highest BCUT2D eigenvalue weighted by Gasteiger charge is 2.29. The van der Waals surface area contributed by atoms with Crippen molar-refractivity contribution in [1.29, 1.82) is 0 Å². The van der Waals surface area contributed by atoms with Gasteiger partial charge in [0.2, 0.25) is 0 Å². The van der Waals surface area contributed by atoms with Crippen molar-refractivity contribution >= 4 is 17.5 Å². The molecule has 0 spiro atoms. The molecule has 2 heterocycles. The molecule has 1 aliphatic carbocycles. The molecule has 4 aromatic rings. The molecule has 6 heteroatoms. The van der Waals surface area contributed by atoms with Crippen molar-refractivity contribution in [3.8, 4) is 11.3 Å². The summed E-state index contributed by atoms with van der Waals surface area (Å²) in [4.78, 5) is 12.9. The minimum absolute atomic E-state index is 0.194. The Hall–Kier alpha value is -3.31. The van der Waals surface area contributed by atoms with Crippen molar-refractivity contribution in [3.63, 3.8) is 0 Å². The Morgan fingerprint density at radius 2 is 2.00 bits per heavy atom. The van der Waals surface area contributed by atoms with Crippen LogP contribution in [-0.2, 0) is 25.9 Å². The first-order valence-electron chi connectivity index (χ1n) is 10.8. The molecule has 5 rings (SSSR count). The number of aromatic nitrogens is 2. The summed E-state index contributed by atoms with van der Waals surface area (Å²) in [6.07, 6.45) is 3.69. The first kappa shape index (κ1) is 20.6. The van der Waals surface area contributed by atoms with Crippen LogP contribution in [0.3, 0.4) is 0 Å².